The normalized spacial score (nSPS) is 11.3. The molecule has 1 N–H and O–H groups in total. The van der Waals surface area contributed by atoms with E-state index in [1.54, 1.807) is 17.0 Å². The Hall–Kier alpha value is -2.18. The molecule has 0 aliphatic carbocycles. The molecule has 1 aromatic carbocycles. The van der Waals surface area contributed by atoms with Gasteiger partial charge in [-0.3, -0.25) is 9.69 Å². The molecule has 5 nitrogen and oxygen atoms in total. The van der Waals surface area contributed by atoms with Crippen molar-refractivity contribution in [3.05, 3.63) is 47.9 Å². The Balaban J connectivity index is 1.96. The summed E-state index contributed by atoms with van der Waals surface area (Å²) in [6.45, 7) is 3.49. The monoisotopic (exact) mass is 330 g/mol. The number of aryl methyl sites for hydroxylation is 1. The van der Waals surface area contributed by atoms with Gasteiger partial charge < -0.3 is 9.32 Å². The molecule has 0 aliphatic rings. The summed E-state index contributed by atoms with van der Waals surface area (Å²) in [6, 6.07) is 9.55. The van der Waals surface area contributed by atoms with E-state index in [9.17, 15) is 4.79 Å². The number of hydrogen-bond acceptors (Lipinski definition) is 4. The third-order valence-corrected chi connectivity index (χ3v) is 4.62. The average molecular weight is 330 g/mol. The van der Waals surface area contributed by atoms with Crippen LogP contribution < -0.4 is 9.80 Å². The molecule has 0 atom stereocenters. The Bertz CT molecular complexity index is 808. The number of nitrogens with one attached hydrogen (secondary N) is 1. The molecule has 0 fully saturated rings. The lowest BCUT2D eigenvalue weighted by Crippen LogP contribution is -3.06. The lowest BCUT2D eigenvalue weighted by molar-refractivity contribution is -0.856. The highest BCUT2D eigenvalue weighted by atomic mass is 32.1. The van der Waals surface area contributed by atoms with E-state index in [0.29, 0.717) is 17.4 Å². The summed E-state index contributed by atoms with van der Waals surface area (Å²) < 4.78 is 6.37. The first-order valence-corrected chi connectivity index (χ1v) is 8.38. The highest BCUT2D eigenvalue weighted by Crippen LogP contribution is 2.30. The van der Waals surface area contributed by atoms with Gasteiger partial charge in [-0.2, -0.15) is 0 Å². The molecule has 0 saturated heterocycles. The Morgan fingerprint density at radius 3 is 2.87 bits per heavy atom. The van der Waals surface area contributed by atoms with Crippen molar-refractivity contribution in [1.29, 1.82) is 0 Å². The number of anilines is 1. The summed E-state index contributed by atoms with van der Waals surface area (Å²) >= 11 is 1.54. The number of hydrogen-bond donors (Lipinski definition) is 1. The van der Waals surface area contributed by atoms with Crippen molar-refractivity contribution < 1.29 is 14.1 Å². The van der Waals surface area contributed by atoms with Gasteiger partial charge in [-0.05, 0) is 36.8 Å². The molecule has 0 saturated carbocycles. The number of aromatic nitrogens is 1. The molecule has 23 heavy (non-hydrogen) atoms. The van der Waals surface area contributed by atoms with Crippen molar-refractivity contribution in [2.24, 2.45) is 0 Å². The lowest BCUT2D eigenvalue weighted by Gasteiger charge is -2.19. The summed E-state index contributed by atoms with van der Waals surface area (Å²) in [7, 11) is 4.13. The zero-order chi connectivity index (χ0) is 16.4. The van der Waals surface area contributed by atoms with Crippen molar-refractivity contribution in [2.45, 2.75) is 6.92 Å². The summed E-state index contributed by atoms with van der Waals surface area (Å²) in [6.07, 6.45) is 1.52. The van der Waals surface area contributed by atoms with E-state index in [2.05, 4.69) is 32.1 Å². The van der Waals surface area contributed by atoms with Crippen LogP contribution in [0.2, 0.25) is 0 Å². The molecule has 1 amide bonds. The maximum Gasteiger partial charge on any atom is 0.295 e. The van der Waals surface area contributed by atoms with Gasteiger partial charge in [-0.25, -0.2) is 4.98 Å². The van der Waals surface area contributed by atoms with Crippen LogP contribution in [0.4, 0.5) is 5.13 Å². The number of fused-ring (bicyclic) bond motifs is 1. The summed E-state index contributed by atoms with van der Waals surface area (Å²) in [5.74, 6) is 0.196. The molecule has 2 heterocycles. The van der Waals surface area contributed by atoms with Crippen molar-refractivity contribution in [1.82, 2.24) is 4.98 Å². The van der Waals surface area contributed by atoms with E-state index < -0.39 is 0 Å². The number of thiazole rings is 1. The van der Waals surface area contributed by atoms with Gasteiger partial charge in [0.15, 0.2) is 10.9 Å². The van der Waals surface area contributed by atoms with Gasteiger partial charge in [0.2, 0.25) is 0 Å². The predicted molar refractivity (Wildman–Crippen MR) is 92.4 cm³/mol. The van der Waals surface area contributed by atoms with Crippen molar-refractivity contribution in [2.75, 3.05) is 32.1 Å². The molecule has 0 radical (unpaired) electrons. The molecule has 3 aromatic rings. The Kier molecular flexibility index (Phi) is 4.45. The highest BCUT2D eigenvalue weighted by molar-refractivity contribution is 7.22. The number of rotatable bonds is 5. The van der Waals surface area contributed by atoms with E-state index in [1.165, 1.54) is 28.1 Å². The largest absolute Gasteiger partial charge is 0.459 e. The molecular weight excluding hydrogens is 310 g/mol. The van der Waals surface area contributed by atoms with Crippen LogP contribution in [-0.4, -0.2) is 38.1 Å². The topological polar surface area (TPSA) is 50.8 Å². The summed E-state index contributed by atoms with van der Waals surface area (Å²) in [5.41, 5.74) is 2.11. The zero-order valence-electron chi connectivity index (χ0n) is 13.5. The average Bonchev–Trinajstić information content (AvgIpc) is 3.15. The predicted octanol–water partition coefficient (Wildman–Crippen LogP) is 1.99. The van der Waals surface area contributed by atoms with E-state index in [1.807, 2.05) is 12.1 Å². The SMILES string of the molecule is Cc1ccc2nc(N(CC[NH+](C)C)C(=O)c3ccco3)sc2c1. The van der Waals surface area contributed by atoms with Crippen LogP contribution in [0.1, 0.15) is 16.1 Å². The second kappa shape index (κ2) is 6.52. The van der Waals surface area contributed by atoms with Crippen LogP contribution in [0.3, 0.4) is 0 Å². The van der Waals surface area contributed by atoms with Crippen LogP contribution in [0, 0.1) is 6.92 Å². The van der Waals surface area contributed by atoms with E-state index in [0.717, 1.165) is 16.8 Å². The molecule has 2 aromatic heterocycles. The minimum atomic E-state index is -0.146. The fraction of sp³-hybridized carbons (Fsp3) is 0.294. The second-order valence-corrected chi connectivity index (χ2v) is 6.87. The minimum Gasteiger partial charge on any atom is -0.459 e. The number of likely N-dealkylation sites (N-methyl/N-ethyl adjacent to an activating group) is 1. The van der Waals surface area contributed by atoms with Gasteiger partial charge in [-0.15, -0.1) is 0 Å². The second-order valence-electron chi connectivity index (χ2n) is 5.86. The summed E-state index contributed by atoms with van der Waals surface area (Å²) in [5, 5.41) is 0.716. The first-order valence-electron chi connectivity index (χ1n) is 7.56. The number of furan rings is 1. The standard InChI is InChI=1S/C17H19N3O2S/c1-12-6-7-13-15(11-12)23-17(18-13)20(9-8-19(2)3)16(21)14-5-4-10-22-14/h4-7,10-11H,8-9H2,1-3H3/p+1. The Morgan fingerprint density at radius 2 is 2.17 bits per heavy atom. The lowest BCUT2D eigenvalue weighted by atomic mass is 10.2. The zero-order valence-corrected chi connectivity index (χ0v) is 14.3. The highest BCUT2D eigenvalue weighted by Gasteiger charge is 2.23. The van der Waals surface area contributed by atoms with E-state index in [4.69, 9.17) is 4.42 Å². The number of carbonyl (C=O) groups excluding carboxylic acids is 1. The third kappa shape index (κ3) is 3.43. The molecule has 3 rings (SSSR count). The van der Waals surface area contributed by atoms with Crippen LogP contribution >= 0.6 is 11.3 Å². The molecule has 0 spiro atoms. The molecule has 120 valence electrons. The van der Waals surface area contributed by atoms with Crippen molar-refractivity contribution in [3.63, 3.8) is 0 Å². The van der Waals surface area contributed by atoms with Gasteiger partial charge >= 0.3 is 0 Å². The molecule has 0 aliphatic heterocycles. The molecule has 6 heteroatoms. The number of carbonyl (C=O) groups is 1. The van der Waals surface area contributed by atoms with Crippen molar-refractivity contribution in [3.8, 4) is 0 Å². The van der Waals surface area contributed by atoms with Gasteiger partial charge in [0, 0.05) is 0 Å². The number of benzene rings is 1. The number of quaternary nitrogens is 1. The van der Waals surface area contributed by atoms with Crippen LogP contribution in [0.15, 0.2) is 41.0 Å². The summed E-state index contributed by atoms with van der Waals surface area (Å²) in [4.78, 5) is 20.4. The molecular formula is C17H20N3O2S+. The van der Waals surface area contributed by atoms with Crippen molar-refractivity contribution >= 4 is 32.6 Å². The Labute approximate surface area is 139 Å². The quantitative estimate of drug-likeness (QED) is 0.778. The van der Waals surface area contributed by atoms with Crippen LogP contribution in [0.25, 0.3) is 10.2 Å². The molecule has 0 bridgehead atoms. The minimum absolute atomic E-state index is 0.146. The third-order valence-electron chi connectivity index (χ3n) is 3.58. The number of amides is 1. The molecule has 0 unspecified atom stereocenters. The first-order chi connectivity index (χ1) is 11.0. The maximum absolute atomic E-state index is 12.8. The Morgan fingerprint density at radius 1 is 1.35 bits per heavy atom. The van der Waals surface area contributed by atoms with Gasteiger partial charge in [-0.1, -0.05) is 17.4 Å². The van der Waals surface area contributed by atoms with Crippen LogP contribution in [-0.2, 0) is 0 Å². The van der Waals surface area contributed by atoms with Crippen LogP contribution in [0.5, 0.6) is 0 Å². The fourth-order valence-corrected chi connectivity index (χ4v) is 3.38. The van der Waals surface area contributed by atoms with Gasteiger partial charge in [0.25, 0.3) is 5.91 Å². The fourth-order valence-electron chi connectivity index (χ4n) is 2.29. The van der Waals surface area contributed by atoms with E-state index >= 15 is 0 Å². The van der Waals surface area contributed by atoms with E-state index in [-0.39, 0.29) is 5.91 Å². The van der Waals surface area contributed by atoms with Gasteiger partial charge in [0.1, 0.15) is 0 Å². The smallest absolute Gasteiger partial charge is 0.295 e. The van der Waals surface area contributed by atoms with Gasteiger partial charge in [0.05, 0.1) is 43.7 Å². The first kappa shape index (κ1) is 15.7. The maximum atomic E-state index is 12.8. The number of nitrogens with zero attached hydrogens (tertiary/aromatic N) is 2.